The number of likely N-dealkylation sites (tertiary alicyclic amines) is 1. The average Bonchev–Trinajstić information content (AvgIpc) is 2.97. The molecule has 0 aromatic heterocycles. The van der Waals surface area contributed by atoms with Crippen LogP contribution in [0.25, 0.3) is 0 Å². The van der Waals surface area contributed by atoms with Gasteiger partial charge in [0.15, 0.2) is 0 Å². The molecule has 0 amide bonds. The number of benzene rings is 1. The molecule has 0 aliphatic carbocycles. The summed E-state index contributed by atoms with van der Waals surface area (Å²) in [5.41, 5.74) is 1.54. The van der Waals surface area contributed by atoms with Crippen molar-refractivity contribution in [1.82, 2.24) is 4.90 Å². The van der Waals surface area contributed by atoms with Crippen molar-refractivity contribution < 1.29 is 14.3 Å². The van der Waals surface area contributed by atoms with Crippen molar-refractivity contribution >= 4 is 11.8 Å². The molecular formula is C17H21NO3. The van der Waals surface area contributed by atoms with E-state index in [4.69, 9.17) is 4.74 Å². The lowest BCUT2D eigenvalue weighted by Crippen LogP contribution is -2.25. The second-order valence-electron chi connectivity index (χ2n) is 4.92. The number of hydrogen-bond acceptors (Lipinski definition) is 4. The van der Waals surface area contributed by atoms with Gasteiger partial charge in [0.25, 0.3) is 0 Å². The smallest absolute Gasteiger partial charge is 0.343 e. The topological polar surface area (TPSA) is 46.6 Å². The van der Waals surface area contributed by atoms with Gasteiger partial charge in [-0.15, -0.1) is 0 Å². The van der Waals surface area contributed by atoms with E-state index in [1.165, 1.54) is 0 Å². The van der Waals surface area contributed by atoms with Crippen LogP contribution in [0.4, 0.5) is 0 Å². The van der Waals surface area contributed by atoms with Crippen LogP contribution in [0.1, 0.15) is 37.0 Å². The molecule has 2 rings (SSSR count). The largest absolute Gasteiger partial charge is 0.462 e. The minimum atomic E-state index is -0.512. The standard InChI is InChI=1S/C17H21NO3/c1-3-18-12-8-11-14(18)15(17(20)21-4-2)16(19)13-9-6-5-7-10-13/h5-7,9-10H,3-4,8,11-12H2,1-2H3/b15-14+. The van der Waals surface area contributed by atoms with Gasteiger partial charge in [-0.25, -0.2) is 4.79 Å². The Kier molecular flexibility index (Phi) is 5.14. The van der Waals surface area contributed by atoms with Gasteiger partial charge < -0.3 is 9.64 Å². The molecule has 0 bridgehead atoms. The van der Waals surface area contributed by atoms with Crippen LogP contribution >= 0.6 is 0 Å². The Morgan fingerprint density at radius 1 is 1.19 bits per heavy atom. The molecule has 1 aromatic carbocycles. The third kappa shape index (κ3) is 3.32. The van der Waals surface area contributed by atoms with Gasteiger partial charge in [-0.3, -0.25) is 4.79 Å². The molecule has 112 valence electrons. The Morgan fingerprint density at radius 3 is 2.52 bits per heavy atom. The van der Waals surface area contributed by atoms with Crippen LogP contribution in [-0.4, -0.2) is 36.3 Å². The Balaban J connectivity index is 2.44. The van der Waals surface area contributed by atoms with E-state index in [0.717, 1.165) is 31.6 Å². The van der Waals surface area contributed by atoms with E-state index in [9.17, 15) is 9.59 Å². The highest BCUT2D eigenvalue weighted by Crippen LogP contribution is 2.26. The van der Waals surface area contributed by atoms with Crippen LogP contribution in [0.5, 0.6) is 0 Å². The summed E-state index contributed by atoms with van der Waals surface area (Å²) in [5, 5.41) is 0. The molecule has 1 aliphatic rings. The molecule has 1 heterocycles. The maximum absolute atomic E-state index is 12.7. The third-order valence-electron chi connectivity index (χ3n) is 3.64. The van der Waals surface area contributed by atoms with E-state index < -0.39 is 5.97 Å². The van der Waals surface area contributed by atoms with Gasteiger partial charge in [-0.1, -0.05) is 30.3 Å². The molecule has 0 N–H and O–H groups in total. The van der Waals surface area contributed by atoms with Crippen molar-refractivity contribution in [3.05, 3.63) is 47.2 Å². The highest BCUT2D eigenvalue weighted by Gasteiger charge is 2.30. The molecule has 4 heteroatoms. The summed E-state index contributed by atoms with van der Waals surface area (Å²) < 4.78 is 5.11. The minimum Gasteiger partial charge on any atom is -0.462 e. The Morgan fingerprint density at radius 2 is 1.90 bits per heavy atom. The Bertz CT molecular complexity index is 548. The fraction of sp³-hybridized carbons (Fsp3) is 0.412. The van der Waals surface area contributed by atoms with E-state index in [-0.39, 0.29) is 18.0 Å². The lowest BCUT2D eigenvalue weighted by Gasteiger charge is -2.20. The highest BCUT2D eigenvalue weighted by molar-refractivity contribution is 6.24. The van der Waals surface area contributed by atoms with Crippen LogP contribution < -0.4 is 0 Å². The molecule has 0 radical (unpaired) electrons. The Hall–Kier alpha value is -2.10. The molecular weight excluding hydrogens is 266 g/mol. The van der Waals surface area contributed by atoms with Crippen molar-refractivity contribution in [1.29, 1.82) is 0 Å². The van der Waals surface area contributed by atoms with E-state index in [1.54, 1.807) is 31.2 Å². The first-order valence-corrected chi connectivity index (χ1v) is 7.44. The first-order valence-electron chi connectivity index (χ1n) is 7.44. The summed E-state index contributed by atoms with van der Waals surface area (Å²) in [5.74, 6) is -0.758. The molecule has 21 heavy (non-hydrogen) atoms. The highest BCUT2D eigenvalue weighted by atomic mass is 16.5. The maximum atomic E-state index is 12.7. The number of hydrogen-bond donors (Lipinski definition) is 0. The first kappa shape index (κ1) is 15.3. The van der Waals surface area contributed by atoms with Crippen molar-refractivity contribution in [2.75, 3.05) is 19.7 Å². The monoisotopic (exact) mass is 287 g/mol. The molecule has 1 aromatic rings. The molecule has 1 fully saturated rings. The fourth-order valence-electron chi connectivity index (χ4n) is 2.64. The summed E-state index contributed by atoms with van der Waals surface area (Å²) >= 11 is 0. The van der Waals surface area contributed by atoms with Crippen molar-refractivity contribution in [2.24, 2.45) is 0 Å². The van der Waals surface area contributed by atoms with Gasteiger partial charge in [-0.05, 0) is 26.7 Å². The number of allylic oxidation sites excluding steroid dienone is 1. The van der Waals surface area contributed by atoms with E-state index in [1.807, 2.05) is 13.0 Å². The van der Waals surface area contributed by atoms with E-state index in [2.05, 4.69) is 4.90 Å². The zero-order valence-corrected chi connectivity index (χ0v) is 12.6. The van der Waals surface area contributed by atoms with Gasteiger partial charge in [0, 0.05) is 24.4 Å². The van der Waals surface area contributed by atoms with Crippen molar-refractivity contribution in [3.8, 4) is 0 Å². The zero-order valence-electron chi connectivity index (χ0n) is 12.6. The second kappa shape index (κ2) is 7.07. The molecule has 1 aliphatic heterocycles. The van der Waals surface area contributed by atoms with Crippen LogP contribution in [0, 0.1) is 0 Å². The first-order chi connectivity index (χ1) is 10.2. The van der Waals surface area contributed by atoms with Gasteiger partial charge in [0.1, 0.15) is 5.57 Å². The summed E-state index contributed by atoms with van der Waals surface area (Å²) in [6.07, 6.45) is 1.72. The third-order valence-corrected chi connectivity index (χ3v) is 3.64. The predicted molar refractivity (Wildman–Crippen MR) is 80.9 cm³/mol. The van der Waals surface area contributed by atoms with Crippen LogP contribution in [0.2, 0.25) is 0 Å². The number of ketones is 1. The van der Waals surface area contributed by atoms with E-state index >= 15 is 0 Å². The maximum Gasteiger partial charge on any atom is 0.343 e. The number of ether oxygens (including phenoxy) is 1. The number of carbonyl (C=O) groups excluding carboxylic acids is 2. The zero-order chi connectivity index (χ0) is 15.2. The van der Waals surface area contributed by atoms with Gasteiger partial charge in [0.2, 0.25) is 5.78 Å². The summed E-state index contributed by atoms with van der Waals surface area (Å²) in [6.45, 7) is 5.72. The quantitative estimate of drug-likeness (QED) is 0.275. The minimum absolute atomic E-state index is 0.197. The lowest BCUT2D eigenvalue weighted by molar-refractivity contribution is -0.138. The van der Waals surface area contributed by atoms with Crippen LogP contribution in [-0.2, 0) is 9.53 Å². The molecule has 0 saturated carbocycles. The average molecular weight is 287 g/mol. The molecule has 0 spiro atoms. The van der Waals surface area contributed by atoms with E-state index in [0.29, 0.717) is 5.56 Å². The normalized spacial score (nSPS) is 16.8. The molecule has 0 atom stereocenters. The summed E-state index contributed by atoms with van der Waals surface area (Å²) in [6, 6.07) is 8.91. The van der Waals surface area contributed by atoms with Crippen molar-refractivity contribution in [2.45, 2.75) is 26.7 Å². The SMILES string of the molecule is CCOC(=O)/C(C(=O)c1ccccc1)=C1\CCCN1CC. The summed E-state index contributed by atoms with van der Waals surface area (Å²) in [4.78, 5) is 27.1. The number of carbonyl (C=O) groups is 2. The van der Waals surface area contributed by atoms with Crippen molar-refractivity contribution in [3.63, 3.8) is 0 Å². The number of nitrogens with zero attached hydrogens (tertiary/aromatic N) is 1. The van der Waals surface area contributed by atoms with Gasteiger partial charge >= 0.3 is 5.97 Å². The van der Waals surface area contributed by atoms with Gasteiger partial charge in [-0.2, -0.15) is 0 Å². The number of Topliss-reactive ketones (excluding diaryl/α,β-unsaturated/α-hetero) is 1. The molecule has 0 unspecified atom stereocenters. The van der Waals surface area contributed by atoms with Crippen LogP contribution in [0.3, 0.4) is 0 Å². The second-order valence-corrected chi connectivity index (χ2v) is 4.92. The number of esters is 1. The number of rotatable bonds is 5. The summed E-state index contributed by atoms with van der Waals surface area (Å²) in [7, 11) is 0. The molecule has 4 nitrogen and oxygen atoms in total. The Labute approximate surface area is 125 Å². The van der Waals surface area contributed by atoms with Gasteiger partial charge in [0.05, 0.1) is 6.61 Å². The fourth-order valence-corrected chi connectivity index (χ4v) is 2.64. The molecule has 1 saturated heterocycles. The lowest BCUT2D eigenvalue weighted by atomic mass is 10.0. The van der Waals surface area contributed by atoms with Crippen LogP contribution in [0.15, 0.2) is 41.6 Å². The predicted octanol–water partition coefficient (Wildman–Crippen LogP) is 2.80.